The molecule has 1 aromatic heterocycles. The molecule has 3 nitrogen and oxygen atoms in total. The van der Waals surface area contributed by atoms with Crippen LogP contribution in [0.5, 0.6) is 0 Å². The molecule has 0 saturated carbocycles. The van der Waals surface area contributed by atoms with E-state index in [2.05, 4.69) is 35.3 Å². The molecule has 2 rings (SSSR count). The van der Waals surface area contributed by atoms with Crippen LogP contribution in [-0.4, -0.2) is 40.0 Å². The Morgan fingerprint density at radius 2 is 2.15 bits per heavy atom. The van der Waals surface area contributed by atoms with E-state index >= 15 is 0 Å². The minimum Gasteiger partial charge on any atom is -0.327 e. The number of fused-ring (bicyclic) bond motifs is 1. The summed E-state index contributed by atoms with van der Waals surface area (Å²) in [6, 6.07) is 5.58. The highest BCUT2D eigenvalue weighted by atomic mass is 35.5. The third kappa shape index (κ3) is 3.13. The molecule has 0 aliphatic rings. The average Bonchev–Trinajstić information content (AvgIpc) is 2.76. The first kappa shape index (κ1) is 15.3. The topological polar surface area (TPSA) is 21.1 Å². The van der Waals surface area contributed by atoms with Gasteiger partial charge in [-0.1, -0.05) is 6.07 Å². The summed E-state index contributed by atoms with van der Waals surface area (Å²) in [4.78, 5) is 6.67. The van der Waals surface area contributed by atoms with Gasteiger partial charge in [0.2, 0.25) is 0 Å². The van der Waals surface area contributed by atoms with Crippen LogP contribution in [0.2, 0.25) is 0 Å². The molecule has 0 bridgehead atoms. The van der Waals surface area contributed by atoms with Gasteiger partial charge >= 0.3 is 0 Å². The van der Waals surface area contributed by atoms with Gasteiger partial charge < -0.3 is 9.47 Å². The average molecular weight is 298 g/mol. The van der Waals surface area contributed by atoms with Crippen molar-refractivity contribution in [2.24, 2.45) is 0 Å². The van der Waals surface area contributed by atoms with Crippen LogP contribution in [0.25, 0.3) is 11.0 Å². The minimum absolute atomic E-state index is 0.269. The lowest BCUT2D eigenvalue weighted by Gasteiger charge is -2.21. The monoisotopic (exact) mass is 297 g/mol. The van der Waals surface area contributed by atoms with Gasteiger partial charge in [0.05, 0.1) is 5.52 Å². The van der Waals surface area contributed by atoms with E-state index in [0.29, 0.717) is 23.9 Å². The summed E-state index contributed by atoms with van der Waals surface area (Å²) >= 11 is 5.83. The second-order valence-corrected chi connectivity index (χ2v) is 5.68. The molecule has 0 saturated heterocycles. The molecule has 0 atom stereocenters. The van der Waals surface area contributed by atoms with Crippen LogP contribution in [0.4, 0.5) is 4.39 Å². The first-order valence-corrected chi connectivity index (χ1v) is 7.48. The SMILES string of the molecule is CC(C)N(C)CCn1c(CCCl)nc2c(F)cccc21. The maximum absolute atomic E-state index is 13.8. The van der Waals surface area contributed by atoms with Crippen LogP contribution in [0.1, 0.15) is 19.7 Å². The zero-order valence-corrected chi connectivity index (χ0v) is 13.0. The summed E-state index contributed by atoms with van der Waals surface area (Å²) in [7, 11) is 2.09. The summed E-state index contributed by atoms with van der Waals surface area (Å²) in [5.41, 5.74) is 1.29. The van der Waals surface area contributed by atoms with E-state index in [0.717, 1.165) is 24.4 Å². The van der Waals surface area contributed by atoms with Gasteiger partial charge in [-0.3, -0.25) is 0 Å². The molecule has 0 N–H and O–H groups in total. The third-order valence-corrected chi connectivity index (χ3v) is 3.87. The number of imidazole rings is 1. The molecule has 2 aromatic rings. The number of para-hydroxylation sites is 1. The van der Waals surface area contributed by atoms with Crippen LogP contribution in [0.15, 0.2) is 18.2 Å². The molecule has 0 fully saturated rings. The van der Waals surface area contributed by atoms with E-state index in [9.17, 15) is 4.39 Å². The normalized spacial score (nSPS) is 11.9. The lowest BCUT2D eigenvalue weighted by Crippen LogP contribution is -2.30. The van der Waals surface area contributed by atoms with Gasteiger partial charge in [0.25, 0.3) is 0 Å². The van der Waals surface area contributed by atoms with Crippen molar-refractivity contribution < 1.29 is 4.39 Å². The van der Waals surface area contributed by atoms with E-state index < -0.39 is 0 Å². The van der Waals surface area contributed by atoms with Gasteiger partial charge in [0, 0.05) is 31.4 Å². The molecule has 1 aromatic carbocycles. The van der Waals surface area contributed by atoms with E-state index in [1.807, 2.05) is 6.07 Å². The van der Waals surface area contributed by atoms with Crippen LogP contribution in [0.3, 0.4) is 0 Å². The van der Waals surface area contributed by atoms with E-state index in [-0.39, 0.29) is 5.82 Å². The summed E-state index contributed by atoms with van der Waals surface area (Å²) in [6.45, 7) is 6.01. The molecule has 20 heavy (non-hydrogen) atoms. The molecule has 0 unspecified atom stereocenters. The predicted octanol–water partition coefficient (Wildman–Crippen LogP) is 3.30. The Morgan fingerprint density at radius 1 is 1.40 bits per heavy atom. The summed E-state index contributed by atoms with van der Waals surface area (Å²) in [6.07, 6.45) is 0.654. The molecule has 0 spiro atoms. The second-order valence-electron chi connectivity index (χ2n) is 5.30. The number of nitrogens with zero attached hydrogens (tertiary/aromatic N) is 3. The molecule has 0 amide bonds. The van der Waals surface area contributed by atoms with Crippen molar-refractivity contribution in [1.82, 2.24) is 14.5 Å². The van der Waals surface area contributed by atoms with Gasteiger partial charge in [0.15, 0.2) is 5.82 Å². The number of likely N-dealkylation sites (N-methyl/N-ethyl adjacent to an activating group) is 1. The number of alkyl halides is 1. The second kappa shape index (κ2) is 6.55. The Hall–Kier alpha value is -1.13. The van der Waals surface area contributed by atoms with Crippen molar-refractivity contribution in [2.45, 2.75) is 32.9 Å². The summed E-state index contributed by atoms with van der Waals surface area (Å²) in [5.74, 6) is 1.08. The zero-order chi connectivity index (χ0) is 14.7. The molecular weight excluding hydrogens is 277 g/mol. The standard InChI is InChI=1S/C15H21ClFN3/c1-11(2)19(3)9-10-20-13-6-4-5-12(17)15(13)18-14(20)7-8-16/h4-6,11H,7-10H2,1-3H3. The Bertz CT molecular complexity index is 580. The fourth-order valence-corrected chi connectivity index (χ4v) is 2.37. The quantitative estimate of drug-likeness (QED) is 0.763. The van der Waals surface area contributed by atoms with E-state index in [1.165, 1.54) is 6.07 Å². The fraction of sp³-hybridized carbons (Fsp3) is 0.533. The first-order valence-electron chi connectivity index (χ1n) is 6.94. The maximum Gasteiger partial charge on any atom is 0.151 e. The largest absolute Gasteiger partial charge is 0.327 e. The van der Waals surface area contributed by atoms with Gasteiger partial charge in [-0.2, -0.15) is 0 Å². The Labute approximate surface area is 124 Å². The number of hydrogen-bond donors (Lipinski definition) is 0. The van der Waals surface area contributed by atoms with Crippen molar-refractivity contribution in [2.75, 3.05) is 19.5 Å². The first-order chi connectivity index (χ1) is 9.54. The Balaban J connectivity index is 2.34. The molecule has 5 heteroatoms. The van der Waals surface area contributed by atoms with Crippen molar-refractivity contribution in [3.8, 4) is 0 Å². The van der Waals surface area contributed by atoms with E-state index in [1.54, 1.807) is 6.07 Å². The molecule has 110 valence electrons. The van der Waals surface area contributed by atoms with Crippen LogP contribution in [-0.2, 0) is 13.0 Å². The van der Waals surface area contributed by atoms with E-state index in [4.69, 9.17) is 11.6 Å². The highest BCUT2D eigenvalue weighted by Gasteiger charge is 2.14. The number of aryl methyl sites for hydroxylation is 1. The van der Waals surface area contributed by atoms with Crippen LogP contribution >= 0.6 is 11.6 Å². The lowest BCUT2D eigenvalue weighted by molar-refractivity contribution is 0.263. The molecule has 0 aliphatic carbocycles. The maximum atomic E-state index is 13.8. The minimum atomic E-state index is -0.269. The van der Waals surface area contributed by atoms with Crippen molar-refractivity contribution in [1.29, 1.82) is 0 Å². The van der Waals surface area contributed by atoms with Gasteiger partial charge in [-0.05, 0) is 33.0 Å². The predicted molar refractivity (Wildman–Crippen MR) is 81.9 cm³/mol. The highest BCUT2D eigenvalue weighted by molar-refractivity contribution is 6.17. The van der Waals surface area contributed by atoms with Gasteiger partial charge in [0.1, 0.15) is 11.3 Å². The van der Waals surface area contributed by atoms with Crippen LogP contribution in [0, 0.1) is 5.82 Å². The highest BCUT2D eigenvalue weighted by Crippen LogP contribution is 2.20. The molecular formula is C15H21ClFN3. The van der Waals surface area contributed by atoms with Crippen molar-refractivity contribution in [3.05, 3.63) is 29.8 Å². The fourth-order valence-electron chi connectivity index (χ4n) is 2.20. The smallest absolute Gasteiger partial charge is 0.151 e. The number of halogens is 2. The molecule has 0 radical (unpaired) electrons. The van der Waals surface area contributed by atoms with Crippen molar-refractivity contribution >= 4 is 22.6 Å². The number of aromatic nitrogens is 2. The van der Waals surface area contributed by atoms with Crippen LogP contribution < -0.4 is 0 Å². The Morgan fingerprint density at radius 3 is 2.80 bits per heavy atom. The summed E-state index contributed by atoms with van der Waals surface area (Å²) < 4.78 is 15.9. The van der Waals surface area contributed by atoms with Gasteiger partial charge in [-0.15, -0.1) is 11.6 Å². The number of rotatable bonds is 6. The third-order valence-electron chi connectivity index (χ3n) is 3.68. The lowest BCUT2D eigenvalue weighted by atomic mass is 10.3. The Kier molecular flexibility index (Phi) is 5.00. The molecule has 0 aliphatic heterocycles. The number of benzene rings is 1. The summed E-state index contributed by atoms with van der Waals surface area (Å²) in [5, 5.41) is 0. The van der Waals surface area contributed by atoms with Gasteiger partial charge in [-0.25, -0.2) is 9.37 Å². The molecule has 1 heterocycles. The zero-order valence-electron chi connectivity index (χ0n) is 12.2. The van der Waals surface area contributed by atoms with Crippen molar-refractivity contribution in [3.63, 3.8) is 0 Å². The number of hydrogen-bond acceptors (Lipinski definition) is 2.